The maximum Gasteiger partial charge on any atom is 0.142 e. The van der Waals surface area contributed by atoms with E-state index in [1.165, 1.54) is 0 Å². The Kier molecular flexibility index (Phi) is 5.22. The Morgan fingerprint density at radius 1 is 1.00 bits per heavy atom. The van der Waals surface area contributed by atoms with E-state index in [9.17, 15) is 0 Å². The SMILES string of the molecule is Cc1nn(-c2ccc(Cl)cc2)c(Cl)c1/C=N/Nc1ccnc2cc(Cl)ccc12. The predicted octanol–water partition coefficient (Wildman–Crippen LogP) is 6.14. The molecule has 5 nitrogen and oxygen atoms in total. The van der Waals surface area contributed by atoms with Crippen LogP contribution in [0, 0.1) is 6.92 Å². The Hall–Kier alpha value is -2.60. The summed E-state index contributed by atoms with van der Waals surface area (Å²) in [5, 5.41) is 11.5. The predicted molar refractivity (Wildman–Crippen MR) is 116 cm³/mol. The molecule has 1 N–H and O–H groups in total. The fourth-order valence-electron chi connectivity index (χ4n) is 2.80. The molecule has 2 aromatic carbocycles. The van der Waals surface area contributed by atoms with E-state index in [1.54, 1.807) is 29.2 Å². The zero-order valence-electron chi connectivity index (χ0n) is 14.7. The molecular weight excluding hydrogens is 417 g/mol. The second-order valence-electron chi connectivity index (χ2n) is 6.07. The summed E-state index contributed by atoms with van der Waals surface area (Å²) in [6, 6.07) is 14.7. The summed E-state index contributed by atoms with van der Waals surface area (Å²) in [6.07, 6.45) is 3.35. The van der Waals surface area contributed by atoms with Crippen LogP contribution in [-0.4, -0.2) is 21.0 Å². The fraction of sp³-hybridized carbons (Fsp3) is 0.0500. The number of benzene rings is 2. The summed E-state index contributed by atoms with van der Waals surface area (Å²) in [7, 11) is 0. The van der Waals surface area contributed by atoms with E-state index in [4.69, 9.17) is 34.8 Å². The monoisotopic (exact) mass is 429 g/mol. The maximum absolute atomic E-state index is 6.52. The molecule has 0 aliphatic rings. The Labute approximate surface area is 176 Å². The van der Waals surface area contributed by atoms with E-state index in [0.717, 1.165) is 33.5 Å². The maximum atomic E-state index is 6.52. The van der Waals surface area contributed by atoms with Gasteiger partial charge in [0.05, 0.1) is 34.4 Å². The first-order valence-electron chi connectivity index (χ1n) is 8.37. The summed E-state index contributed by atoms with van der Waals surface area (Å²) in [6.45, 7) is 1.88. The van der Waals surface area contributed by atoms with Crippen LogP contribution in [0.3, 0.4) is 0 Å². The zero-order valence-corrected chi connectivity index (χ0v) is 17.0. The molecule has 0 saturated heterocycles. The molecule has 0 bridgehead atoms. The molecule has 2 heterocycles. The summed E-state index contributed by atoms with van der Waals surface area (Å²) >= 11 is 18.5. The second-order valence-corrected chi connectivity index (χ2v) is 7.30. The molecule has 0 aliphatic carbocycles. The Bertz CT molecular complexity index is 1180. The van der Waals surface area contributed by atoms with Crippen LogP contribution in [0.4, 0.5) is 5.69 Å². The number of nitrogens with zero attached hydrogens (tertiary/aromatic N) is 4. The second kappa shape index (κ2) is 7.80. The summed E-state index contributed by atoms with van der Waals surface area (Å²) < 4.78 is 1.65. The number of hydrogen-bond acceptors (Lipinski definition) is 4. The topological polar surface area (TPSA) is 55.1 Å². The van der Waals surface area contributed by atoms with Crippen molar-refractivity contribution >= 4 is 57.6 Å². The molecule has 28 heavy (non-hydrogen) atoms. The van der Waals surface area contributed by atoms with E-state index >= 15 is 0 Å². The van der Waals surface area contributed by atoms with E-state index in [1.807, 2.05) is 43.3 Å². The third kappa shape index (κ3) is 3.69. The van der Waals surface area contributed by atoms with Crippen LogP contribution in [0.5, 0.6) is 0 Å². The van der Waals surface area contributed by atoms with Gasteiger partial charge in [0.1, 0.15) is 5.15 Å². The number of pyridine rings is 1. The molecular formula is C20H14Cl3N5. The van der Waals surface area contributed by atoms with Crippen LogP contribution in [0.25, 0.3) is 16.6 Å². The number of halogens is 3. The summed E-state index contributed by atoms with van der Waals surface area (Å²) in [5.41, 5.74) is 6.96. The van der Waals surface area contributed by atoms with Gasteiger partial charge >= 0.3 is 0 Å². The number of aryl methyl sites for hydroxylation is 1. The van der Waals surface area contributed by atoms with Crippen LogP contribution < -0.4 is 5.43 Å². The molecule has 4 rings (SSSR count). The lowest BCUT2D eigenvalue weighted by Crippen LogP contribution is -1.96. The molecule has 0 spiro atoms. The van der Waals surface area contributed by atoms with Gasteiger partial charge in [-0.1, -0.05) is 34.8 Å². The van der Waals surface area contributed by atoms with Crippen molar-refractivity contribution in [2.75, 3.05) is 5.43 Å². The van der Waals surface area contributed by atoms with Gasteiger partial charge in [-0.3, -0.25) is 10.4 Å². The minimum atomic E-state index is 0.469. The van der Waals surface area contributed by atoms with Crippen LogP contribution in [0.2, 0.25) is 15.2 Å². The molecule has 0 radical (unpaired) electrons. The highest BCUT2D eigenvalue weighted by atomic mass is 35.5. The van der Waals surface area contributed by atoms with Gasteiger partial charge in [-0.25, -0.2) is 4.68 Å². The molecule has 2 aromatic heterocycles. The van der Waals surface area contributed by atoms with Crippen molar-refractivity contribution in [1.82, 2.24) is 14.8 Å². The lowest BCUT2D eigenvalue weighted by Gasteiger charge is -2.05. The third-order valence-electron chi connectivity index (χ3n) is 4.20. The van der Waals surface area contributed by atoms with Crippen LogP contribution in [-0.2, 0) is 0 Å². The number of hydrogen-bond donors (Lipinski definition) is 1. The van der Waals surface area contributed by atoms with E-state index in [2.05, 4.69) is 20.6 Å². The quantitative estimate of drug-likeness (QED) is 0.313. The smallest absolute Gasteiger partial charge is 0.142 e. The Morgan fingerprint density at radius 2 is 1.75 bits per heavy atom. The van der Waals surface area contributed by atoms with E-state index in [-0.39, 0.29) is 0 Å². The van der Waals surface area contributed by atoms with E-state index < -0.39 is 0 Å². The van der Waals surface area contributed by atoms with Gasteiger partial charge in [0.15, 0.2) is 0 Å². The zero-order chi connectivity index (χ0) is 19.7. The minimum Gasteiger partial charge on any atom is -0.278 e. The molecule has 4 aromatic rings. The van der Waals surface area contributed by atoms with Crippen molar-refractivity contribution in [2.24, 2.45) is 5.10 Å². The van der Waals surface area contributed by atoms with Crippen LogP contribution in [0.15, 0.2) is 59.8 Å². The van der Waals surface area contributed by atoms with Crippen LogP contribution in [0.1, 0.15) is 11.3 Å². The number of nitrogens with one attached hydrogen (secondary N) is 1. The van der Waals surface area contributed by atoms with E-state index in [0.29, 0.717) is 15.2 Å². The first-order valence-corrected chi connectivity index (χ1v) is 9.51. The standard InChI is InChI=1S/C20H14Cl3N5/c1-12-17(20(23)28(27-12)15-5-2-13(21)3-6-15)11-25-26-18-8-9-24-19-10-14(22)4-7-16(18)19/h2-11H,1H3,(H,24,26)/b25-11+. The van der Waals surface area contributed by atoms with Crippen molar-refractivity contribution in [3.8, 4) is 5.69 Å². The lowest BCUT2D eigenvalue weighted by molar-refractivity contribution is 0.863. The van der Waals surface area contributed by atoms with Gasteiger partial charge in [-0.15, -0.1) is 0 Å². The average molecular weight is 431 g/mol. The third-order valence-corrected chi connectivity index (χ3v) is 5.05. The lowest BCUT2D eigenvalue weighted by atomic mass is 10.2. The molecule has 0 amide bonds. The fourth-order valence-corrected chi connectivity index (χ4v) is 3.41. The highest BCUT2D eigenvalue weighted by molar-refractivity contribution is 6.32. The molecule has 8 heteroatoms. The van der Waals surface area contributed by atoms with Gasteiger partial charge in [0.25, 0.3) is 0 Å². The van der Waals surface area contributed by atoms with Crippen molar-refractivity contribution in [2.45, 2.75) is 6.92 Å². The molecule has 0 aliphatic heterocycles. The molecule has 0 fully saturated rings. The van der Waals surface area contributed by atoms with Gasteiger partial charge in [0.2, 0.25) is 0 Å². The van der Waals surface area contributed by atoms with Crippen molar-refractivity contribution in [3.05, 3.63) is 81.2 Å². The first-order chi connectivity index (χ1) is 13.5. The van der Waals surface area contributed by atoms with Crippen molar-refractivity contribution in [3.63, 3.8) is 0 Å². The first kappa shape index (κ1) is 18.7. The van der Waals surface area contributed by atoms with Crippen molar-refractivity contribution in [1.29, 1.82) is 0 Å². The average Bonchev–Trinajstić information content (AvgIpc) is 2.96. The number of hydrazone groups is 1. The molecule has 140 valence electrons. The van der Waals surface area contributed by atoms with Crippen LogP contribution >= 0.6 is 34.8 Å². The number of rotatable bonds is 4. The van der Waals surface area contributed by atoms with Gasteiger partial charge < -0.3 is 0 Å². The van der Waals surface area contributed by atoms with Crippen molar-refractivity contribution < 1.29 is 0 Å². The van der Waals surface area contributed by atoms with Gasteiger partial charge in [-0.2, -0.15) is 10.2 Å². The summed E-state index contributed by atoms with van der Waals surface area (Å²) in [5.74, 6) is 0. The number of aromatic nitrogens is 3. The molecule has 0 atom stereocenters. The largest absolute Gasteiger partial charge is 0.278 e. The Morgan fingerprint density at radius 3 is 2.54 bits per heavy atom. The normalized spacial score (nSPS) is 11.4. The summed E-state index contributed by atoms with van der Waals surface area (Å²) in [4.78, 5) is 4.32. The molecule has 0 saturated carbocycles. The number of anilines is 1. The van der Waals surface area contributed by atoms with Gasteiger partial charge in [0, 0.05) is 21.6 Å². The highest BCUT2D eigenvalue weighted by Gasteiger charge is 2.13. The Balaban J connectivity index is 1.62. The minimum absolute atomic E-state index is 0.469. The van der Waals surface area contributed by atoms with Gasteiger partial charge in [-0.05, 0) is 55.5 Å². The highest BCUT2D eigenvalue weighted by Crippen LogP contribution is 2.25. The number of fused-ring (bicyclic) bond motifs is 1. The molecule has 0 unspecified atom stereocenters.